The van der Waals surface area contributed by atoms with Gasteiger partial charge in [0.05, 0.1) is 11.7 Å². The maximum Gasteiger partial charge on any atom is 0.269 e. The molecule has 0 spiro atoms. The third-order valence-electron chi connectivity index (χ3n) is 4.59. The van der Waals surface area contributed by atoms with Crippen LogP contribution in [0.4, 0.5) is 4.39 Å². The highest BCUT2D eigenvalue weighted by molar-refractivity contribution is 5.93. The third kappa shape index (κ3) is 4.72. The normalized spacial score (nSPS) is 17.0. The van der Waals surface area contributed by atoms with Gasteiger partial charge in [0.25, 0.3) is 5.91 Å². The molecule has 1 atom stereocenters. The Bertz CT molecular complexity index is 846. The van der Waals surface area contributed by atoms with Crippen LogP contribution in [0, 0.1) is 11.7 Å². The van der Waals surface area contributed by atoms with E-state index in [9.17, 15) is 14.0 Å². The van der Waals surface area contributed by atoms with Gasteiger partial charge >= 0.3 is 0 Å². The number of amides is 2. The van der Waals surface area contributed by atoms with Gasteiger partial charge in [-0.2, -0.15) is 5.10 Å². The van der Waals surface area contributed by atoms with Crippen LogP contribution >= 0.6 is 0 Å². The molecule has 27 heavy (non-hydrogen) atoms. The van der Waals surface area contributed by atoms with E-state index in [1.165, 1.54) is 12.1 Å². The minimum Gasteiger partial charge on any atom is -0.346 e. The maximum atomic E-state index is 13.3. The van der Waals surface area contributed by atoms with Crippen LogP contribution in [0.25, 0.3) is 0 Å². The van der Waals surface area contributed by atoms with Crippen LogP contribution in [0.5, 0.6) is 0 Å². The van der Waals surface area contributed by atoms with Crippen molar-refractivity contribution in [1.29, 1.82) is 0 Å². The summed E-state index contributed by atoms with van der Waals surface area (Å²) < 4.78 is 14.9. The molecule has 1 saturated heterocycles. The first kappa shape index (κ1) is 19.1. The van der Waals surface area contributed by atoms with E-state index in [-0.39, 0.29) is 30.1 Å². The van der Waals surface area contributed by atoms with Crippen LogP contribution in [-0.4, -0.2) is 39.1 Å². The summed E-state index contributed by atoms with van der Waals surface area (Å²) in [6.45, 7) is 4.96. The van der Waals surface area contributed by atoms with Gasteiger partial charge in [-0.05, 0) is 36.1 Å². The Labute approximate surface area is 158 Å². The molecule has 7 heteroatoms. The Kier molecular flexibility index (Phi) is 5.58. The number of aryl methyl sites for hydroxylation is 1. The zero-order valence-electron chi connectivity index (χ0n) is 15.9. The minimum absolute atomic E-state index is 0.0462. The van der Waals surface area contributed by atoms with E-state index in [2.05, 4.69) is 24.3 Å². The fourth-order valence-corrected chi connectivity index (χ4v) is 3.39. The standard InChI is InChI=1S/C20H25FN4O2/c1-13(2)7-16-9-18(24(3)23-16)20(27)22-17-10-19(26)25(12-17)11-14-5-4-6-15(21)8-14/h4-6,8-9,13,17H,7,10-12H2,1-3H3,(H,22,27). The van der Waals surface area contributed by atoms with Crippen LogP contribution in [0.3, 0.4) is 0 Å². The molecule has 1 aliphatic rings. The lowest BCUT2D eigenvalue weighted by molar-refractivity contribution is -0.128. The Balaban J connectivity index is 1.61. The molecule has 3 rings (SSSR count). The van der Waals surface area contributed by atoms with Crippen molar-refractivity contribution in [3.63, 3.8) is 0 Å². The lowest BCUT2D eigenvalue weighted by Crippen LogP contribution is -2.37. The number of hydrogen-bond acceptors (Lipinski definition) is 3. The average Bonchev–Trinajstić information content (AvgIpc) is 3.09. The summed E-state index contributed by atoms with van der Waals surface area (Å²) in [7, 11) is 1.74. The van der Waals surface area contributed by atoms with Crippen LogP contribution in [0.1, 0.15) is 42.0 Å². The molecule has 1 fully saturated rings. The molecule has 2 heterocycles. The van der Waals surface area contributed by atoms with Crippen molar-refractivity contribution in [2.45, 2.75) is 39.3 Å². The molecular weight excluding hydrogens is 347 g/mol. The molecule has 144 valence electrons. The zero-order chi connectivity index (χ0) is 19.6. The number of nitrogens with zero attached hydrogens (tertiary/aromatic N) is 3. The molecule has 1 N–H and O–H groups in total. The van der Waals surface area contributed by atoms with Crippen molar-refractivity contribution in [1.82, 2.24) is 20.0 Å². The summed E-state index contributed by atoms with van der Waals surface area (Å²) in [5.74, 6) is -0.141. The molecule has 1 aromatic heterocycles. The van der Waals surface area contributed by atoms with Crippen molar-refractivity contribution in [2.75, 3.05) is 6.54 Å². The summed E-state index contributed by atoms with van der Waals surface area (Å²) in [5.41, 5.74) is 2.11. The van der Waals surface area contributed by atoms with Gasteiger partial charge in [-0.1, -0.05) is 26.0 Å². The fraction of sp³-hybridized carbons (Fsp3) is 0.450. The first-order valence-electron chi connectivity index (χ1n) is 9.18. The second-order valence-corrected chi connectivity index (χ2v) is 7.52. The third-order valence-corrected chi connectivity index (χ3v) is 4.59. The van der Waals surface area contributed by atoms with Gasteiger partial charge in [-0.3, -0.25) is 14.3 Å². The van der Waals surface area contributed by atoms with Gasteiger partial charge in [-0.15, -0.1) is 0 Å². The number of nitrogens with one attached hydrogen (secondary N) is 1. The molecule has 0 radical (unpaired) electrons. The Morgan fingerprint density at radius 1 is 1.37 bits per heavy atom. The van der Waals surface area contributed by atoms with Crippen LogP contribution < -0.4 is 5.32 Å². The number of carbonyl (C=O) groups excluding carboxylic acids is 2. The van der Waals surface area contributed by atoms with E-state index < -0.39 is 0 Å². The number of benzene rings is 1. The molecular formula is C20H25FN4O2. The number of likely N-dealkylation sites (tertiary alicyclic amines) is 1. The van der Waals surface area contributed by atoms with Gasteiger partial charge in [0.15, 0.2) is 0 Å². The van der Waals surface area contributed by atoms with Gasteiger partial charge in [0.1, 0.15) is 11.5 Å². The summed E-state index contributed by atoms with van der Waals surface area (Å²) in [6.07, 6.45) is 1.06. The second kappa shape index (κ2) is 7.90. The lowest BCUT2D eigenvalue weighted by Gasteiger charge is -2.17. The molecule has 1 aromatic carbocycles. The number of rotatable bonds is 6. The Hall–Kier alpha value is -2.70. The van der Waals surface area contributed by atoms with Crippen LogP contribution in [0.15, 0.2) is 30.3 Å². The minimum atomic E-state index is -0.322. The van der Waals surface area contributed by atoms with E-state index in [1.807, 2.05) is 0 Å². The number of carbonyl (C=O) groups is 2. The fourth-order valence-electron chi connectivity index (χ4n) is 3.39. The topological polar surface area (TPSA) is 67.2 Å². The van der Waals surface area contributed by atoms with Gasteiger partial charge in [-0.25, -0.2) is 4.39 Å². The second-order valence-electron chi connectivity index (χ2n) is 7.52. The Morgan fingerprint density at radius 2 is 2.15 bits per heavy atom. The van der Waals surface area contributed by atoms with E-state index in [4.69, 9.17) is 0 Å². The SMILES string of the molecule is CC(C)Cc1cc(C(=O)NC2CC(=O)N(Cc3cccc(F)c3)C2)n(C)n1. The summed E-state index contributed by atoms with van der Waals surface area (Å²) in [6, 6.07) is 7.75. The van der Waals surface area contributed by atoms with E-state index >= 15 is 0 Å². The molecule has 0 aliphatic carbocycles. The van der Waals surface area contributed by atoms with Gasteiger partial charge in [0.2, 0.25) is 5.91 Å². The zero-order valence-corrected chi connectivity index (χ0v) is 15.9. The molecule has 1 unspecified atom stereocenters. The number of halogens is 1. The van der Waals surface area contributed by atoms with E-state index in [1.54, 1.807) is 34.8 Å². The van der Waals surface area contributed by atoms with Gasteiger partial charge < -0.3 is 10.2 Å². The van der Waals surface area contributed by atoms with E-state index in [0.717, 1.165) is 17.7 Å². The molecule has 0 saturated carbocycles. The average molecular weight is 372 g/mol. The van der Waals surface area contributed by atoms with Crippen LogP contribution in [0.2, 0.25) is 0 Å². The smallest absolute Gasteiger partial charge is 0.269 e. The number of hydrogen-bond donors (Lipinski definition) is 1. The predicted molar refractivity (Wildman–Crippen MR) is 99.4 cm³/mol. The van der Waals surface area contributed by atoms with Crippen molar-refractivity contribution >= 4 is 11.8 Å². The molecule has 0 bridgehead atoms. The highest BCUT2D eigenvalue weighted by atomic mass is 19.1. The lowest BCUT2D eigenvalue weighted by atomic mass is 10.1. The summed E-state index contributed by atoms with van der Waals surface area (Å²) in [4.78, 5) is 26.5. The van der Waals surface area contributed by atoms with Crippen molar-refractivity contribution in [2.24, 2.45) is 13.0 Å². The molecule has 6 nitrogen and oxygen atoms in total. The molecule has 1 aliphatic heterocycles. The highest BCUT2D eigenvalue weighted by Gasteiger charge is 2.31. The monoisotopic (exact) mass is 372 g/mol. The number of aromatic nitrogens is 2. The predicted octanol–water partition coefficient (Wildman–Crippen LogP) is 2.29. The van der Waals surface area contributed by atoms with Crippen LogP contribution in [-0.2, 0) is 24.8 Å². The largest absolute Gasteiger partial charge is 0.346 e. The molecule has 2 aromatic rings. The molecule has 2 amide bonds. The Morgan fingerprint density at radius 3 is 2.85 bits per heavy atom. The van der Waals surface area contributed by atoms with E-state index in [0.29, 0.717) is 24.7 Å². The highest BCUT2D eigenvalue weighted by Crippen LogP contribution is 2.17. The van der Waals surface area contributed by atoms with Crippen molar-refractivity contribution in [3.05, 3.63) is 53.1 Å². The quantitative estimate of drug-likeness (QED) is 0.846. The van der Waals surface area contributed by atoms with Gasteiger partial charge in [0, 0.05) is 26.6 Å². The maximum absolute atomic E-state index is 13.3. The van der Waals surface area contributed by atoms with Crippen molar-refractivity contribution in [3.8, 4) is 0 Å². The first-order valence-corrected chi connectivity index (χ1v) is 9.18. The first-order chi connectivity index (χ1) is 12.8. The van der Waals surface area contributed by atoms with Crippen molar-refractivity contribution < 1.29 is 14.0 Å². The summed E-state index contributed by atoms with van der Waals surface area (Å²) >= 11 is 0. The summed E-state index contributed by atoms with van der Waals surface area (Å²) in [5, 5.41) is 7.31.